The van der Waals surface area contributed by atoms with Crippen molar-refractivity contribution in [2.45, 2.75) is 19.3 Å². The fraction of sp³-hybridized carbons (Fsp3) is 0.231. The van der Waals surface area contributed by atoms with Gasteiger partial charge in [0.05, 0.1) is 13.5 Å². The molecule has 3 aromatic carbocycles. The van der Waals surface area contributed by atoms with Gasteiger partial charge in [0.2, 0.25) is 0 Å². The van der Waals surface area contributed by atoms with Gasteiger partial charge in [0, 0.05) is 18.7 Å². The van der Waals surface area contributed by atoms with Crippen LogP contribution in [0.3, 0.4) is 0 Å². The Morgan fingerprint density at radius 3 is 2.06 bits per heavy atom. The van der Waals surface area contributed by atoms with Crippen molar-refractivity contribution < 1.29 is 83.4 Å². The van der Waals surface area contributed by atoms with Gasteiger partial charge in [0.1, 0.15) is 6.61 Å². The minimum absolute atomic E-state index is 0. The van der Waals surface area contributed by atoms with Crippen molar-refractivity contribution in [2.75, 3.05) is 25.7 Å². The molecule has 0 fully saturated rings. The third kappa shape index (κ3) is 5.73. The minimum atomic E-state index is -5.37. The van der Waals surface area contributed by atoms with Gasteiger partial charge in [0.15, 0.2) is 0 Å². The number of anilines is 1. The number of methoxy groups -OCH3 is 1. The van der Waals surface area contributed by atoms with Gasteiger partial charge in [-0.1, -0.05) is 60.2 Å². The standard InChI is InChI=1S/C26H24BF3NO4.K/c1-16-17(13-25(32)34-3)12-18(14-24(16)27(28,29)30)31(2)26(33)35-15-23-21-10-6-4-8-19(21)20-9-5-7-11-22(20)23;/h4-12,14,23H,13,15H2,1-3H3;/q-1;+1. The summed E-state index contributed by atoms with van der Waals surface area (Å²) in [5, 5.41) is 0. The zero-order valence-electron chi connectivity index (χ0n) is 20.6. The van der Waals surface area contributed by atoms with Gasteiger partial charge in [-0.05, 0) is 40.8 Å². The summed E-state index contributed by atoms with van der Waals surface area (Å²) in [6.07, 6.45) is -1.13. The van der Waals surface area contributed by atoms with Crippen LogP contribution in [0.15, 0.2) is 60.7 Å². The number of hydrogen-bond acceptors (Lipinski definition) is 4. The normalized spacial score (nSPS) is 12.3. The molecule has 0 aliphatic heterocycles. The number of amides is 1. The molecule has 0 saturated carbocycles. The molecule has 0 aromatic heterocycles. The van der Waals surface area contributed by atoms with Crippen molar-refractivity contribution >= 4 is 30.2 Å². The van der Waals surface area contributed by atoms with Gasteiger partial charge in [-0.25, -0.2) is 4.79 Å². The van der Waals surface area contributed by atoms with Crippen LogP contribution in [-0.4, -0.2) is 39.8 Å². The Balaban J connectivity index is 0.00000361. The largest absolute Gasteiger partial charge is 1.00 e. The van der Waals surface area contributed by atoms with Crippen LogP contribution in [0.4, 0.5) is 23.4 Å². The monoisotopic (exact) mass is 521 g/mol. The van der Waals surface area contributed by atoms with Crippen LogP contribution in [0.1, 0.15) is 28.2 Å². The fourth-order valence-electron chi connectivity index (χ4n) is 4.52. The van der Waals surface area contributed by atoms with Crippen LogP contribution in [-0.2, 0) is 20.7 Å². The van der Waals surface area contributed by atoms with Crippen LogP contribution < -0.4 is 61.7 Å². The van der Waals surface area contributed by atoms with E-state index >= 15 is 0 Å². The Bertz CT molecular complexity index is 1250. The average Bonchev–Trinajstić information content (AvgIpc) is 3.16. The second-order valence-corrected chi connectivity index (χ2v) is 8.51. The summed E-state index contributed by atoms with van der Waals surface area (Å²) in [6.45, 7) is -4.03. The molecule has 1 aliphatic carbocycles. The van der Waals surface area contributed by atoms with Crippen LogP contribution in [0.2, 0.25) is 0 Å². The number of carbonyl (C=O) groups excluding carboxylic acids is 2. The van der Waals surface area contributed by atoms with E-state index in [4.69, 9.17) is 4.74 Å². The molecule has 1 aliphatic rings. The maximum atomic E-state index is 13.7. The Labute approximate surface area is 250 Å². The molecule has 36 heavy (non-hydrogen) atoms. The molecular formula is C26H24BF3KNO4. The maximum Gasteiger partial charge on any atom is 1.00 e. The van der Waals surface area contributed by atoms with E-state index < -0.39 is 24.5 Å². The quantitative estimate of drug-likeness (QED) is 0.369. The molecule has 4 rings (SSSR count). The summed E-state index contributed by atoms with van der Waals surface area (Å²) >= 11 is 0. The first-order valence-electron chi connectivity index (χ1n) is 11.1. The number of hydrogen-bond donors (Lipinski definition) is 0. The second kappa shape index (κ2) is 11.5. The number of carbonyl (C=O) groups is 2. The number of benzene rings is 3. The molecule has 5 nitrogen and oxygen atoms in total. The van der Waals surface area contributed by atoms with Crippen LogP contribution in [0, 0.1) is 6.92 Å². The summed E-state index contributed by atoms with van der Waals surface area (Å²) in [5.41, 5.74) is 3.40. The van der Waals surface area contributed by atoms with E-state index in [1.165, 1.54) is 27.1 Å². The van der Waals surface area contributed by atoms with E-state index in [-0.39, 0.29) is 87.1 Å². The summed E-state index contributed by atoms with van der Waals surface area (Å²) < 4.78 is 51.4. The summed E-state index contributed by atoms with van der Waals surface area (Å²) in [4.78, 5) is 25.7. The van der Waals surface area contributed by atoms with E-state index in [2.05, 4.69) is 4.74 Å². The molecule has 0 radical (unpaired) electrons. The molecule has 0 atom stereocenters. The number of nitrogens with zero attached hydrogens (tertiary/aromatic N) is 1. The van der Waals surface area contributed by atoms with E-state index in [1.54, 1.807) is 0 Å². The maximum absolute atomic E-state index is 13.7. The fourth-order valence-corrected chi connectivity index (χ4v) is 4.52. The summed E-state index contributed by atoms with van der Waals surface area (Å²) in [5.74, 6) is -0.851. The average molecular weight is 521 g/mol. The Morgan fingerprint density at radius 1 is 0.972 bits per heavy atom. The smallest absolute Gasteiger partial charge is 0.469 e. The number of rotatable bonds is 6. The van der Waals surface area contributed by atoms with Crippen molar-refractivity contribution in [3.05, 3.63) is 82.9 Å². The van der Waals surface area contributed by atoms with Gasteiger partial charge in [-0.15, -0.1) is 5.46 Å². The number of ether oxygens (including phenoxy) is 2. The first-order chi connectivity index (χ1) is 16.6. The molecule has 0 N–H and O–H groups in total. The molecule has 0 saturated heterocycles. The zero-order chi connectivity index (χ0) is 25.3. The Kier molecular flexibility index (Phi) is 9.11. The molecule has 1 amide bonds. The van der Waals surface area contributed by atoms with E-state index in [9.17, 15) is 22.5 Å². The third-order valence-electron chi connectivity index (χ3n) is 6.45. The van der Waals surface area contributed by atoms with Gasteiger partial charge in [0.25, 0.3) is 0 Å². The number of esters is 1. The first-order valence-corrected chi connectivity index (χ1v) is 11.1. The molecular weight excluding hydrogens is 497 g/mol. The molecule has 0 bridgehead atoms. The predicted molar refractivity (Wildman–Crippen MR) is 129 cm³/mol. The van der Waals surface area contributed by atoms with Crippen LogP contribution >= 0.6 is 0 Å². The van der Waals surface area contributed by atoms with Gasteiger partial charge in [-0.3, -0.25) is 9.69 Å². The second-order valence-electron chi connectivity index (χ2n) is 8.51. The van der Waals surface area contributed by atoms with E-state index in [0.717, 1.165) is 33.2 Å². The minimum Gasteiger partial charge on any atom is -0.469 e. The van der Waals surface area contributed by atoms with Gasteiger partial charge >= 0.3 is 70.4 Å². The van der Waals surface area contributed by atoms with Crippen molar-refractivity contribution in [1.82, 2.24) is 0 Å². The number of halogens is 3. The first kappa shape index (κ1) is 28.5. The van der Waals surface area contributed by atoms with Crippen molar-refractivity contribution in [3.8, 4) is 11.1 Å². The van der Waals surface area contributed by atoms with Crippen molar-refractivity contribution in [2.24, 2.45) is 0 Å². The molecule has 0 heterocycles. The van der Waals surface area contributed by atoms with Crippen LogP contribution in [0.5, 0.6) is 0 Å². The van der Waals surface area contributed by atoms with E-state index in [0.29, 0.717) is 0 Å². The molecule has 182 valence electrons. The Morgan fingerprint density at radius 2 is 1.53 bits per heavy atom. The predicted octanol–water partition coefficient (Wildman–Crippen LogP) is 2.15. The molecule has 3 aromatic rings. The SMILES string of the molecule is COC(=O)Cc1cc(N(C)C(=O)OCC2c3ccccc3-c3ccccc32)cc([B-](F)(F)F)c1C.[K+]. The third-order valence-corrected chi connectivity index (χ3v) is 6.45. The van der Waals surface area contributed by atoms with Crippen molar-refractivity contribution in [3.63, 3.8) is 0 Å². The molecule has 0 unspecified atom stereocenters. The van der Waals surface area contributed by atoms with Gasteiger partial charge in [-0.2, -0.15) is 0 Å². The van der Waals surface area contributed by atoms with Gasteiger partial charge < -0.3 is 22.4 Å². The topological polar surface area (TPSA) is 55.8 Å². The summed E-state index contributed by atoms with van der Waals surface area (Å²) in [7, 11) is 2.51. The number of fused-ring (bicyclic) bond motifs is 3. The van der Waals surface area contributed by atoms with E-state index in [1.807, 2.05) is 48.5 Å². The Hall–Kier alpha value is -2.11. The van der Waals surface area contributed by atoms with Crippen molar-refractivity contribution in [1.29, 1.82) is 0 Å². The molecule has 10 heteroatoms. The van der Waals surface area contributed by atoms with Crippen LogP contribution in [0.25, 0.3) is 11.1 Å². The summed E-state index contributed by atoms with van der Waals surface area (Å²) in [6, 6.07) is 18.0. The zero-order valence-corrected chi connectivity index (χ0v) is 23.7. The molecule has 0 spiro atoms.